The summed E-state index contributed by atoms with van der Waals surface area (Å²) in [6.45, 7) is 2.70. The lowest BCUT2D eigenvalue weighted by atomic mass is 10.1. The van der Waals surface area contributed by atoms with Gasteiger partial charge in [0.25, 0.3) is 5.91 Å². The molecule has 0 unspecified atom stereocenters. The highest BCUT2D eigenvalue weighted by Crippen LogP contribution is 2.22. The van der Waals surface area contributed by atoms with Crippen molar-refractivity contribution in [2.75, 3.05) is 25.1 Å². The Morgan fingerprint density at radius 1 is 1.14 bits per heavy atom. The highest BCUT2D eigenvalue weighted by molar-refractivity contribution is 5.93. The molecule has 1 fully saturated rings. The summed E-state index contributed by atoms with van der Waals surface area (Å²) < 4.78 is 5.17. The van der Waals surface area contributed by atoms with Gasteiger partial charge >= 0.3 is 0 Å². The number of carbonyl (C=O) groups is 1. The number of aromatic amines is 1. The van der Waals surface area contributed by atoms with Gasteiger partial charge in [0.15, 0.2) is 0 Å². The molecular formula is C22H24N4O2. The molecule has 1 amide bonds. The Morgan fingerprint density at radius 3 is 2.68 bits per heavy atom. The zero-order valence-corrected chi connectivity index (χ0v) is 15.9. The largest absolute Gasteiger partial charge is 0.497 e. The molecule has 1 aliphatic rings. The lowest BCUT2D eigenvalue weighted by molar-refractivity contribution is 0.0946. The van der Waals surface area contributed by atoms with E-state index in [0.29, 0.717) is 12.2 Å². The van der Waals surface area contributed by atoms with Crippen molar-refractivity contribution in [3.8, 4) is 17.0 Å². The molecule has 144 valence electrons. The highest BCUT2D eigenvalue weighted by Gasteiger charge is 2.14. The first-order chi connectivity index (χ1) is 13.7. The van der Waals surface area contributed by atoms with E-state index >= 15 is 0 Å². The number of methoxy groups -OCH3 is 1. The van der Waals surface area contributed by atoms with Crippen LogP contribution in [0, 0.1) is 0 Å². The fraction of sp³-hybridized carbons (Fsp3) is 0.273. The monoisotopic (exact) mass is 376 g/mol. The third-order valence-electron chi connectivity index (χ3n) is 5.04. The molecule has 1 aliphatic heterocycles. The third kappa shape index (κ3) is 4.01. The normalized spacial score (nSPS) is 13.5. The van der Waals surface area contributed by atoms with E-state index in [1.165, 1.54) is 18.5 Å². The minimum Gasteiger partial charge on any atom is -0.497 e. The predicted octanol–water partition coefficient (Wildman–Crippen LogP) is 3.62. The van der Waals surface area contributed by atoms with E-state index in [9.17, 15) is 4.79 Å². The van der Waals surface area contributed by atoms with Crippen LogP contribution in [0.4, 0.5) is 5.69 Å². The summed E-state index contributed by atoms with van der Waals surface area (Å²) in [5.41, 5.74) is 4.42. The van der Waals surface area contributed by atoms with Gasteiger partial charge in [-0.3, -0.25) is 9.89 Å². The second kappa shape index (κ2) is 8.17. The first-order valence-corrected chi connectivity index (χ1v) is 9.55. The van der Waals surface area contributed by atoms with E-state index in [-0.39, 0.29) is 5.91 Å². The number of amides is 1. The number of ether oxygens (including phenoxy) is 1. The number of anilines is 1. The lowest BCUT2D eigenvalue weighted by Gasteiger charge is -2.18. The quantitative estimate of drug-likeness (QED) is 0.689. The van der Waals surface area contributed by atoms with E-state index < -0.39 is 0 Å². The van der Waals surface area contributed by atoms with Gasteiger partial charge in [-0.05, 0) is 60.9 Å². The Balaban J connectivity index is 1.39. The van der Waals surface area contributed by atoms with Gasteiger partial charge < -0.3 is 15.0 Å². The topological polar surface area (TPSA) is 70.2 Å². The molecule has 6 heteroatoms. The van der Waals surface area contributed by atoms with Crippen LogP contribution in [0.5, 0.6) is 5.75 Å². The van der Waals surface area contributed by atoms with Crippen molar-refractivity contribution < 1.29 is 9.53 Å². The van der Waals surface area contributed by atoms with Crippen molar-refractivity contribution in [3.63, 3.8) is 0 Å². The fourth-order valence-corrected chi connectivity index (χ4v) is 3.46. The minimum atomic E-state index is -0.168. The fourth-order valence-electron chi connectivity index (χ4n) is 3.46. The summed E-state index contributed by atoms with van der Waals surface area (Å²) in [4.78, 5) is 14.9. The van der Waals surface area contributed by atoms with E-state index in [2.05, 4.69) is 32.5 Å². The number of hydrogen-bond acceptors (Lipinski definition) is 4. The third-order valence-corrected chi connectivity index (χ3v) is 5.04. The molecule has 2 heterocycles. The second-order valence-electron chi connectivity index (χ2n) is 6.94. The standard InChI is InChI=1S/C22H24N4O2/c1-28-19-9-7-17(8-10-19)20-14-21(25-24-20)22(27)23-15-16-5-4-6-18(13-16)26-11-2-3-12-26/h4-10,13-14H,2-3,11-12,15H2,1H3,(H,23,27)(H,24,25). The molecule has 3 aromatic rings. The average Bonchev–Trinajstić information content (AvgIpc) is 3.45. The van der Waals surface area contributed by atoms with E-state index in [4.69, 9.17) is 4.74 Å². The molecule has 2 N–H and O–H groups in total. The van der Waals surface area contributed by atoms with Crippen molar-refractivity contribution >= 4 is 11.6 Å². The molecule has 4 rings (SSSR count). The predicted molar refractivity (Wildman–Crippen MR) is 110 cm³/mol. The molecule has 6 nitrogen and oxygen atoms in total. The van der Waals surface area contributed by atoms with Crippen LogP contribution in [0.1, 0.15) is 28.9 Å². The minimum absolute atomic E-state index is 0.168. The van der Waals surface area contributed by atoms with E-state index in [1.54, 1.807) is 13.2 Å². The number of rotatable bonds is 6. The van der Waals surface area contributed by atoms with Crippen LogP contribution in [0.15, 0.2) is 54.6 Å². The Bertz CT molecular complexity index is 943. The van der Waals surface area contributed by atoms with Crippen molar-refractivity contribution in [2.45, 2.75) is 19.4 Å². The Labute approximate surface area is 164 Å². The summed E-state index contributed by atoms with van der Waals surface area (Å²) in [5.74, 6) is 0.618. The summed E-state index contributed by atoms with van der Waals surface area (Å²) in [7, 11) is 1.63. The lowest BCUT2D eigenvalue weighted by Crippen LogP contribution is -2.23. The SMILES string of the molecule is COc1ccc(-c2cc(C(=O)NCc3cccc(N4CCCC4)c3)[nH]n2)cc1. The van der Waals surface area contributed by atoms with Gasteiger partial charge in [0.05, 0.1) is 12.8 Å². The zero-order chi connectivity index (χ0) is 19.3. The van der Waals surface area contributed by atoms with Crippen molar-refractivity contribution in [2.24, 2.45) is 0 Å². The number of benzene rings is 2. The van der Waals surface area contributed by atoms with Crippen LogP contribution in [-0.4, -0.2) is 36.3 Å². The molecule has 0 saturated carbocycles. The number of H-pyrrole nitrogens is 1. The van der Waals surface area contributed by atoms with E-state index in [0.717, 1.165) is 35.7 Å². The van der Waals surface area contributed by atoms with E-state index in [1.807, 2.05) is 36.4 Å². The number of nitrogens with zero attached hydrogens (tertiary/aromatic N) is 2. The molecule has 0 spiro atoms. The van der Waals surface area contributed by atoms with Gasteiger partial charge in [0.1, 0.15) is 11.4 Å². The van der Waals surface area contributed by atoms with Crippen LogP contribution in [0.2, 0.25) is 0 Å². The number of aromatic nitrogens is 2. The molecule has 0 bridgehead atoms. The van der Waals surface area contributed by atoms with Crippen LogP contribution >= 0.6 is 0 Å². The van der Waals surface area contributed by atoms with Crippen LogP contribution in [-0.2, 0) is 6.54 Å². The van der Waals surface area contributed by atoms with Gasteiger partial charge in [-0.15, -0.1) is 0 Å². The van der Waals surface area contributed by atoms with Gasteiger partial charge in [-0.25, -0.2) is 0 Å². The second-order valence-corrected chi connectivity index (χ2v) is 6.94. The van der Waals surface area contributed by atoms with Gasteiger partial charge in [-0.2, -0.15) is 5.10 Å². The van der Waals surface area contributed by atoms with Crippen LogP contribution < -0.4 is 15.0 Å². The molecule has 2 aromatic carbocycles. The van der Waals surface area contributed by atoms with Crippen molar-refractivity contribution in [1.29, 1.82) is 0 Å². The van der Waals surface area contributed by atoms with Crippen molar-refractivity contribution in [1.82, 2.24) is 15.5 Å². The first kappa shape index (κ1) is 18.1. The summed E-state index contributed by atoms with van der Waals surface area (Å²) >= 11 is 0. The van der Waals surface area contributed by atoms with Crippen LogP contribution in [0.25, 0.3) is 11.3 Å². The first-order valence-electron chi connectivity index (χ1n) is 9.55. The highest BCUT2D eigenvalue weighted by atomic mass is 16.5. The van der Waals surface area contributed by atoms with Crippen molar-refractivity contribution in [3.05, 3.63) is 65.9 Å². The molecular weight excluding hydrogens is 352 g/mol. The Hall–Kier alpha value is -3.28. The molecule has 0 atom stereocenters. The Kier molecular flexibility index (Phi) is 5.28. The van der Waals surface area contributed by atoms with Gasteiger partial charge in [-0.1, -0.05) is 12.1 Å². The van der Waals surface area contributed by atoms with Crippen LogP contribution in [0.3, 0.4) is 0 Å². The Morgan fingerprint density at radius 2 is 1.93 bits per heavy atom. The summed E-state index contributed by atoms with van der Waals surface area (Å²) in [6, 6.07) is 17.7. The molecule has 0 aliphatic carbocycles. The maximum atomic E-state index is 12.5. The maximum Gasteiger partial charge on any atom is 0.269 e. The number of carbonyl (C=O) groups excluding carboxylic acids is 1. The molecule has 1 saturated heterocycles. The average molecular weight is 376 g/mol. The molecule has 0 radical (unpaired) electrons. The summed E-state index contributed by atoms with van der Waals surface area (Å²) in [5, 5.41) is 10.0. The van der Waals surface area contributed by atoms with Gasteiger partial charge in [0.2, 0.25) is 0 Å². The summed E-state index contributed by atoms with van der Waals surface area (Å²) in [6.07, 6.45) is 2.49. The molecule has 28 heavy (non-hydrogen) atoms. The number of nitrogens with one attached hydrogen (secondary N) is 2. The smallest absolute Gasteiger partial charge is 0.269 e. The molecule has 1 aromatic heterocycles. The number of hydrogen-bond donors (Lipinski definition) is 2. The van der Waals surface area contributed by atoms with Gasteiger partial charge in [0, 0.05) is 30.9 Å². The maximum absolute atomic E-state index is 12.5. The zero-order valence-electron chi connectivity index (χ0n) is 15.9.